The molecule has 0 heterocycles. The second-order valence-corrected chi connectivity index (χ2v) is 12.5. The van der Waals surface area contributed by atoms with Crippen LogP contribution in [-0.2, 0) is 26.1 Å². The minimum atomic E-state index is -3.73. The first-order chi connectivity index (χ1) is 15.7. The Kier molecular flexibility index (Phi) is 6.69. The molecule has 0 aliphatic carbocycles. The minimum Gasteiger partial charge on any atom is -0.219 e. The molecule has 0 aliphatic rings. The molecule has 0 saturated heterocycles. The van der Waals surface area contributed by atoms with Crippen molar-refractivity contribution in [1.82, 2.24) is 0 Å². The van der Waals surface area contributed by atoms with Crippen molar-refractivity contribution in [3.05, 3.63) is 118 Å². The zero-order chi connectivity index (χ0) is 23.6. The zero-order valence-corrected chi connectivity index (χ0v) is 20.9. The molecule has 0 bridgehead atoms. The Morgan fingerprint density at radius 1 is 0.515 bits per heavy atom. The molecule has 0 atom stereocenters. The molecule has 8 heteroatoms. The van der Waals surface area contributed by atoms with Gasteiger partial charge >= 0.3 is 0 Å². The van der Waals surface area contributed by atoms with Crippen LogP contribution in [0.15, 0.2) is 117 Å². The lowest BCUT2D eigenvalue weighted by molar-refractivity contribution is 0.593. The monoisotopic (exact) mass is 592 g/mol. The van der Waals surface area contributed by atoms with E-state index in [1.807, 2.05) is 0 Å². The van der Waals surface area contributed by atoms with Crippen LogP contribution in [-0.4, -0.2) is 16.8 Å². The average Bonchev–Trinajstić information content (AvgIpc) is 2.80. The molecule has 0 spiro atoms. The molecule has 0 N–H and O–H groups in total. The summed E-state index contributed by atoms with van der Waals surface area (Å²) in [7, 11) is -7.32. The first-order valence-corrected chi connectivity index (χ1v) is 13.9. The summed E-state index contributed by atoms with van der Waals surface area (Å²) in [5, 5.41) is 0. The maximum Gasteiger partial charge on any atom is 0.206 e. The Labute approximate surface area is 206 Å². The standard InChI is InChI=1S/C25H18FIO4S2/c26-20-5-13-24(14-6-20)32(28,29)22-9-1-18(2-10-22)17-19-3-11-23(12-4-19)33(30,31)25-15-7-21(27)8-16-25/h1-16H,17H2. The molecule has 4 nitrogen and oxygen atoms in total. The van der Waals surface area contributed by atoms with Crippen LogP contribution in [0.5, 0.6) is 0 Å². The van der Waals surface area contributed by atoms with Gasteiger partial charge in [-0.05, 0) is 113 Å². The molecule has 0 saturated carbocycles. The predicted octanol–water partition coefficient (Wildman–Crippen LogP) is 5.69. The van der Waals surface area contributed by atoms with E-state index in [0.29, 0.717) is 6.42 Å². The quantitative estimate of drug-likeness (QED) is 0.213. The highest BCUT2D eigenvalue weighted by molar-refractivity contribution is 14.1. The van der Waals surface area contributed by atoms with E-state index < -0.39 is 25.5 Å². The largest absolute Gasteiger partial charge is 0.219 e. The van der Waals surface area contributed by atoms with Crippen molar-refractivity contribution < 1.29 is 21.2 Å². The molecule has 168 valence electrons. The molecular weight excluding hydrogens is 574 g/mol. The highest BCUT2D eigenvalue weighted by Crippen LogP contribution is 2.24. The fraction of sp³-hybridized carbons (Fsp3) is 0.0400. The molecule has 0 radical (unpaired) electrons. The average molecular weight is 592 g/mol. The van der Waals surface area contributed by atoms with Crippen molar-refractivity contribution in [2.45, 2.75) is 26.0 Å². The van der Waals surface area contributed by atoms with Gasteiger partial charge in [0.05, 0.1) is 19.6 Å². The van der Waals surface area contributed by atoms with Gasteiger partial charge in [-0.15, -0.1) is 0 Å². The van der Waals surface area contributed by atoms with Crippen molar-refractivity contribution in [1.29, 1.82) is 0 Å². The van der Waals surface area contributed by atoms with E-state index in [1.165, 1.54) is 24.3 Å². The lowest BCUT2D eigenvalue weighted by Gasteiger charge is -2.08. The second-order valence-electron chi connectivity index (χ2n) is 7.38. The fourth-order valence-corrected chi connectivity index (χ4v) is 6.19. The van der Waals surface area contributed by atoms with Gasteiger partial charge in [0.1, 0.15) is 5.82 Å². The first kappa shape index (κ1) is 23.6. The van der Waals surface area contributed by atoms with Gasteiger partial charge in [-0.1, -0.05) is 24.3 Å². The Bertz CT molecular complexity index is 1360. The molecule has 0 amide bonds. The van der Waals surface area contributed by atoms with Gasteiger partial charge in [-0.3, -0.25) is 0 Å². The molecule has 4 rings (SSSR count). The van der Waals surface area contributed by atoms with Gasteiger partial charge in [0.15, 0.2) is 0 Å². The Morgan fingerprint density at radius 2 is 0.818 bits per heavy atom. The molecule has 0 fully saturated rings. The minimum absolute atomic E-state index is 0.0292. The maximum atomic E-state index is 13.1. The summed E-state index contributed by atoms with van der Waals surface area (Å²) in [5.41, 5.74) is 1.77. The number of halogens is 2. The predicted molar refractivity (Wildman–Crippen MR) is 132 cm³/mol. The summed E-state index contributed by atoms with van der Waals surface area (Å²) in [4.78, 5) is 0.611. The van der Waals surface area contributed by atoms with Crippen LogP contribution in [0.1, 0.15) is 11.1 Å². The zero-order valence-electron chi connectivity index (χ0n) is 17.2. The van der Waals surface area contributed by atoms with Gasteiger partial charge in [-0.2, -0.15) is 0 Å². The number of benzene rings is 4. The number of hydrogen-bond acceptors (Lipinski definition) is 4. The Hall–Kier alpha value is -2.56. The summed E-state index contributed by atoms with van der Waals surface area (Å²) in [6.45, 7) is 0. The van der Waals surface area contributed by atoms with Gasteiger partial charge in [0.25, 0.3) is 0 Å². The molecule has 0 aromatic heterocycles. The fourth-order valence-electron chi connectivity index (χ4n) is 3.31. The van der Waals surface area contributed by atoms with E-state index in [2.05, 4.69) is 22.6 Å². The number of sulfone groups is 2. The van der Waals surface area contributed by atoms with E-state index in [9.17, 15) is 21.2 Å². The van der Waals surface area contributed by atoms with Crippen LogP contribution in [0.3, 0.4) is 0 Å². The Balaban J connectivity index is 1.51. The highest BCUT2D eigenvalue weighted by atomic mass is 127. The van der Waals surface area contributed by atoms with Gasteiger partial charge in [-0.25, -0.2) is 21.2 Å². The summed E-state index contributed by atoms with van der Waals surface area (Å²) < 4.78 is 65.1. The Morgan fingerprint density at radius 3 is 1.18 bits per heavy atom. The van der Waals surface area contributed by atoms with Crippen molar-refractivity contribution in [3.8, 4) is 0 Å². The smallest absolute Gasteiger partial charge is 0.206 e. The topological polar surface area (TPSA) is 68.3 Å². The lowest BCUT2D eigenvalue weighted by atomic mass is 10.1. The number of hydrogen-bond donors (Lipinski definition) is 0. The van der Waals surface area contributed by atoms with E-state index in [1.54, 1.807) is 60.7 Å². The summed E-state index contributed by atoms with van der Waals surface area (Å²) in [6, 6.07) is 24.5. The summed E-state index contributed by atoms with van der Waals surface area (Å²) in [6.07, 6.45) is 0.515. The summed E-state index contributed by atoms with van der Waals surface area (Å²) in [5.74, 6) is -0.498. The number of rotatable bonds is 6. The van der Waals surface area contributed by atoms with Gasteiger partial charge in [0.2, 0.25) is 19.7 Å². The third-order valence-corrected chi connectivity index (χ3v) is 9.41. The van der Waals surface area contributed by atoms with Crippen molar-refractivity contribution >= 4 is 42.3 Å². The van der Waals surface area contributed by atoms with E-state index in [0.717, 1.165) is 26.8 Å². The molecular formula is C25H18FIO4S2. The second kappa shape index (κ2) is 9.36. The SMILES string of the molecule is O=S(=O)(c1ccc(F)cc1)c1ccc(Cc2ccc(S(=O)(=O)c3ccc(I)cc3)cc2)cc1. The molecule has 4 aromatic carbocycles. The maximum absolute atomic E-state index is 13.1. The van der Waals surface area contributed by atoms with Crippen LogP contribution in [0.25, 0.3) is 0 Å². The van der Waals surface area contributed by atoms with Crippen molar-refractivity contribution in [2.24, 2.45) is 0 Å². The molecule has 33 heavy (non-hydrogen) atoms. The third-order valence-electron chi connectivity index (χ3n) is 5.12. The highest BCUT2D eigenvalue weighted by Gasteiger charge is 2.19. The van der Waals surface area contributed by atoms with Crippen LogP contribution in [0.4, 0.5) is 4.39 Å². The van der Waals surface area contributed by atoms with E-state index in [-0.39, 0.29) is 19.6 Å². The first-order valence-electron chi connectivity index (χ1n) is 9.85. The van der Waals surface area contributed by atoms with E-state index >= 15 is 0 Å². The molecule has 4 aromatic rings. The van der Waals surface area contributed by atoms with Crippen molar-refractivity contribution in [2.75, 3.05) is 0 Å². The van der Waals surface area contributed by atoms with Gasteiger partial charge < -0.3 is 0 Å². The molecule has 0 aliphatic heterocycles. The van der Waals surface area contributed by atoms with Crippen LogP contribution in [0, 0.1) is 9.39 Å². The summed E-state index contributed by atoms with van der Waals surface area (Å²) >= 11 is 2.12. The van der Waals surface area contributed by atoms with Crippen molar-refractivity contribution in [3.63, 3.8) is 0 Å². The normalized spacial score (nSPS) is 11.9. The van der Waals surface area contributed by atoms with Gasteiger partial charge in [0, 0.05) is 3.57 Å². The van der Waals surface area contributed by atoms with Crippen LogP contribution >= 0.6 is 22.6 Å². The third kappa shape index (κ3) is 5.18. The van der Waals surface area contributed by atoms with E-state index in [4.69, 9.17) is 0 Å². The van der Waals surface area contributed by atoms with Crippen LogP contribution in [0.2, 0.25) is 0 Å². The molecule has 0 unspecified atom stereocenters. The lowest BCUT2D eigenvalue weighted by Crippen LogP contribution is -2.03. The van der Waals surface area contributed by atoms with Crippen LogP contribution < -0.4 is 0 Å².